The molecule has 0 aliphatic heterocycles. The smallest absolute Gasteiger partial charge is 0.161 e. The number of carbonyl (C=O) groups is 2. The van der Waals surface area contributed by atoms with E-state index in [4.69, 9.17) is 11.6 Å². The molecular weight excluding hydrogens is 212 g/mol. The van der Waals surface area contributed by atoms with Crippen molar-refractivity contribution in [2.24, 2.45) is 5.41 Å². The van der Waals surface area contributed by atoms with E-state index in [1.165, 1.54) is 0 Å². The topological polar surface area (TPSA) is 34.1 Å². The highest BCUT2D eigenvalue weighted by Crippen LogP contribution is 2.45. The van der Waals surface area contributed by atoms with Gasteiger partial charge in [0.1, 0.15) is 0 Å². The predicted molar refractivity (Wildman–Crippen MR) is 61.1 cm³/mol. The van der Waals surface area contributed by atoms with Crippen molar-refractivity contribution in [2.75, 3.05) is 0 Å². The van der Waals surface area contributed by atoms with E-state index >= 15 is 0 Å². The number of ketones is 2. The Morgan fingerprint density at radius 2 is 1.40 bits per heavy atom. The van der Waals surface area contributed by atoms with Crippen molar-refractivity contribution >= 4 is 23.2 Å². The van der Waals surface area contributed by atoms with E-state index in [2.05, 4.69) is 0 Å². The molecule has 0 bridgehead atoms. The lowest BCUT2D eigenvalue weighted by Crippen LogP contribution is -2.50. The SMILES string of the molecule is CCC1(CC)CC(=O)C(Cl)(CC)C(=O)C1. The van der Waals surface area contributed by atoms with E-state index in [1.54, 1.807) is 6.92 Å². The summed E-state index contributed by atoms with van der Waals surface area (Å²) in [6.07, 6.45) is 3.08. The highest BCUT2D eigenvalue weighted by molar-refractivity contribution is 6.47. The first-order valence-electron chi connectivity index (χ1n) is 5.69. The zero-order valence-corrected chi connectivity index (χ0v) is 10.5. The Kier molecular flexibility index (Phi) is 3.59. The van der Waals surface area contributed by atoms with Crippen molar-refractivity contribution < 1.29 is 9.59 Å². The van der Waals surface area contributed by atoms with Crippen LogP contribution in [0, 0.1) is 5.41 Å². The summed E-state index contributed by atoms with van der Waals surface area (Å²) in [5.41, 5.74) is -0.123. The summed E-state index contributed by atoms with van der Waals surface area (Å²) in [5.74, 6) is -0.154. The number of carbonyl (C=O) groups excluding carboxylic acids is 2. The maximum atomic E-state index is 11.9. The number of Topliss-reactive ketones (excluding diaryl/α,β-unsaturated/α-hetero) is 2. The summed E-state index contributed by atoms with van der Waals surface area (Å²) < 4.78 is 0. The number of hydrogen-bond donors (Lipinski definition) is 0. The average molecular weight is 231 g/mol. The highest BCUT2D eigenvalue weighted by atomic mass is 35.5. The van der Waals surface area contributed by atoms with E-state index in [9.17, 15) is 9.59 Å². The van der Waals surface area contributed by atoms with Gasteiger partial charge in [0.15, 0.2) is 16.4 Å². The number of rotatable bonds is 3. The van der Waals surface area contributed by atoms with Gasteiger partial charge in [0.25, 0.3) is 0 Å². The number of hydrogen-bond acceptors (Lipinski definition) is 2. The molecule has 0 spiro atoms. The molecule has 2 nitrogen and oxygen atoms in total. The van der Waals surface area contributed by atoms with Crippen LogP contribution in [0.15, 0.2) is 0 Å². The molecule has 0 atom stereocenters. The summed E-state index contributed by atoms with van der Waals surface area (Å²) in [5, 5.41) is 0. The minimum Gasteiger partial charge on any atom is -0.297 e. The van der Waals surface area contributed by atoms with Gasteiger partial charge in [-0.2, -0.15) is 0 Å². The predicted octanol–water partition coefficient (Wildman–Crippen LogP) is 3.11. The molecule has 3 heteroatoms. The van der Waals surface area contributed by atoms with Crippen LogP contribution in [0.2, 0.25) is 0 Å². The van der Waals surface area contributed by atoms with Crippen LogP contribution in [0.3, 0.4) is 0 Å². The molecule has 15 heavy (non-hydrogen) atoms. The zero-order valence-electron chi connectivity index (χ0n) is 9.73. The third-order valence-electron chi connectivity index (χ3n) is 3.94. The number of halogens is 1. The van der Waals surface area contributed by atoms with Crippen molar-refractivity contribution in [2.45, 2.75) is 57.7 Å². The molecular formula is C12H19ClO2. The van der Waals surface area contributed by atoms with Gasteiger partial charge in [0, 0.05) is 12.8 Å². The minimum absolute atomic E-state index is 0.0772. The molecule has 0 aromatic rings. The monoisotopic (exact) mass is 230 g/mol. The van der Waals surface area contributed by atoms with E-state index in [0.717, 1.165) is 12.8 Å². The fraction of sp³-hybridized carbons (Fsp3) is 0.833. The first-order chi connectivity index (χ1) is 6.94. The van der Waals surface area contributed by atoms with Gasteiger partial charge < -0.3 is 0 Å². The van der Waals surface area contributed by atoms with E-state index < -0.39 is 4.87 Å². The van der Waals surface area contributed by atoms with Crippen molar-refractivity contribution in [3.8, 4) is 0 Å². The number of alkyl halides is 1. The Hall–Kier alpha value is -0.370. The average Bonchev–Trinajstić information content (AvgIpc) is 2.25. The second-order valence-corrected chi connectivity index (χ2v) is 5.21. The third kappa shape index (κ3) is 1.96. The zero-order chi connectivity index (χ0) is 11.7. The van der Waals surface area contributed by atoms with Crippen molar-refractivity contribution in [3.63, 3.8) is 0 Å². The third-order valence-corrected chi connectivity index (χ3v) is 4.63. The Labute approximate surface area is 96.4 Å². The van der Waals surface area contributed by atoms with Crippen LogP contribution in [0.4, 0.5) is 0 Å². The molecule has 1 rings (SSSR count). The molecule has 0 unspecified atom stereocenters. The summed E-state index contributed by atoms with van der Waals surface area (Å²) in [7, 11) is 0. The van der Waals surface area contributed by atoms with Crippen molar-refractivity contribution in [1.82, 2.24) is 0 Å². The van der Waals surface area contributed by atoms with Gasteiger partial charge in [-0.25, -0.2) is 0 Å². The molecule has 86 valence electrons. The van der Waals surface area contributed by atoms with Crippen LogP contribution < -0.4 is 0 Å². The fourth-order valence-corrected chi connectivity index (χ4v) is 2.46. The van der Waals surface area contributed by atoms with Gasteiger partial charge in [-0.3, -0.25) is 9.59 Å². The first kappa shape index (κ1) is 12.7. The van der Waals surface area contributed by atoms with E-state index in [0.29, 0.717) is 19.3 Å². The molecule has 0 amide bonds. The van der Waals surface area contributed by atoms with Gasteiger partial charge in [0.2, 0.25) is 0 Å². The largest absolute Gasteiger partial charge is 0.297 e. The van der Waals surface area contributed by atoms with Crippen LogP contribution in [-0.4, -0.2) is 16.4 Å². The molecule has 0 aromatic heterocycles. The van der Waals surface area contributed by atoms with Crippen molar-refractivity contribution in [3.05, 3.63) is 0 Å². The lowest BCUT2D eigenvalue weighted by atomic mass is 9.65. The van der Waals surface area contributed by atoms with E-state index in [-0.39, 0.29) is 17.0 Å². The lowest BCUT2D eigenvalue weighted by Gasteiger charge is -2.40. The normalized spacial score (nSPS) is 24.3. The van der Waals surface area contributed by atoms with Gasteiger partial charge in [-0.1, -0.05) is 20.8 Å². The van der Waals surface area contributed by atoms with Gasteiger partial charge in [0.05, 0.1) is 0 Å². The quantitative estimate of drug-likeness (QED) is 0.552. The molecule has 1 aliphatic carbocycles. The second kappa shape index (κ2) is 4.25. The molecule has 0 heterocycles. The standard InChI is InChI=1S/C12H19ClO2/c1-4-11(5-2)7-9(14)12(13,6-3)10(15)8-11/h4-8H2,1-3H3. The summed E-state index contributed by atoms with van der Waals surface area (Å²) in [4.78, 5) is 22.7. The molecule has 0 aromatic carbocycles. The maximum absolute atomic E-state index is 11.9. The summed E-state index contributed by atoms with van der Waals surface area (Å²) in [6, 6.07) is 0. The lowest BCUT2D eigenvalue weighted by molar-refractivity contribution is -0.139. The molecule has 1 aliphatic rings. The molecule has 1 saturated carbocycles. The van der Waals surface area contributed by atoms with Crippen molar-refractivity contribution in [1.29, 1.82) is 0 Å². The van der Waals surface area contributed by atoms with Gasteiger partial charge in [-0.15, -0.1) is 11.6 Å². The van der Waals surface area contributed by atoms with Gasteiger partial charge in [-0.05, 0) is 24.7 Å². The molecule has 0 saturated heterocycles. The Balaban J connectivity index is 2.98. The van der Waals surface area contributed by atoms with Gasteiger partial charge >= 0.3 is 0 Å². The maximum Gasteiger partial charge on any atom is 0.161 e. The summed E-state index contributed by atoms with van der Waals surface area (Å²) in [6.45, 7) is 5.88. The minimum atomic E-state index is -1.21. The van der Waals surface area contributed by atoms with E-state index in [1.807, 2.05) is 13.8 Å². The first-order valence-corrected chi connectivity index (χ1v) is 6.07. The molecule has 0 N–H and O–H groups in total. The fourth-order valence-electron chi connectivity index (χ4n) is 2.32. The Morgan fingerprint density at radius 1 is 1.00 bits per heavy atom. The summed E-state index contributed by atoms with van der Waals surface area (Å²) >= 11 is 6.10. The van der Waals surface area contributed by atoms with Crippen LogP contribution in [-0.2, 0) is 9.59 Å². The molecule has 1 fully saturated rings. The van der Waals surface area contributed by atoms with Crippen LogP contribution in [0.25, 0.3) is 0 Å². The van der Waals surface area contributed by atoms with Crippen LogP contribution in [0.1, 0.15) is 52.9 Å². The molecule has 0 radical (unpaired) electrons. The van der Waals surface area contributed by atoms with Crippen LogP contribution in [0.5, 0.6) is 0 Å². The highest BCUT2D eigenvalue weighted by Gasteiger charge is 2.51. The van der Waals surface area contributed by atoms with Crippen LogP contribution >= 0.6 is 11.6 Å². The second-order valence-electron chi connectivity index (χ2n) is 4.56. The Bertz CT molecular complexity index is 259. The Morgan fingerprint density at radius 3 is 1.67 bits per heavy atom.